The molecule has 4 nitrogen and oxygen atoms in total. The van der Waals surface area contributed by atoms with Crippen LogP contribution in [0.1, 0.15) is 21.5 Å². The SMILES string of the molecule is O=C(O)[C@H](CSCc1ccccc1)N1Cc2ccccc2C1=O. The van der Waals surface area contributed by atoms with Crippen molar-refractivity contribution in [3.63, 3.8) is 0 Å². The molecule has 0 aromatic heterocycles. The highest BCUT2D eigenvalue weighted by Crippen LogP contribution is 2.26. The van der Waals surface area contributed by atoms with Crippen molar-refractivity contribution in [2.24, 2.45) is 0 Å². The van der Waals surface area contributed by atoms with Gasteiger partial charge in [0.05, 0.1) is 0 Å². The van der Waals surface area contributed by atoms with Crippen molar-refractivity contribution in [3.05, 3.63) is 71.3 Å². The molecule has 0 bridgehead atoms. The van der Waals surface area contributed by atoms with Crippen molar-refractivity contribution in [3.8, 4) is 0 Å². The van der Waals surface area contributed by atoms with E-state index < -0.39 is 12.0 Å². The average molecular weight is 327 g/mol. The van der Waals surface area contributed by atoms with Crippen molar-refractivity contribution in [1.29, 1.82) is 0 Å². The lowest BCUT2D eigenvalue weighted by atomic mass is 10.1. The zero-order valence-corrected chi connectivity index (χ0v) is 13.3. The Morgan fingerprint density at radius 1 is 1.13 bits per heavy atom. The normalized spacial score (nSPS) is 14.6. The summed E-state index contributed by atoms with van der Waals surface area (Å²) in [6.45, 7) is 0.373. The summed E-state index contributed by atoms with van der Waals surface area (Å²) in [5.74, 6) is -0.0242. The van der Waals surface area contributed by atoms with Crippen molar-refractivity contribution in [1.82, 2.24) is 4.90 Å². The van der Waals surface area contributed by atoms with Gasteiger partial charge in [-0.25, -0.2) is 4.79 Å². The molecule has 2 aromatic carbocycles. The first-order valence-corrected chi connectivity index (χ1v) is 8.55. The summed E-state index contributed by atoms with van der Waals surface area (Å²) < 4.78 is 0. The van der Waals surface area contributed by atoms with E-state index in [-0.39, 0.29) is 5.91 Å². The number of carboxylic acid groups (broad SMARTS) is 1. The maximum Gasteiger partial charge on any atom is 0.327 e. The molecule has 5 heteroatoms. The maximum atomic E-state index is 12.4. The summed E-state index contributed by atoms with van der Waals surface area (Å²) in [5, 5.41) is 9.52. The molecule has 3 rings (SSSR count). The Kier molecular flexibility index (Phi) is 4.67. The van der Waals surface area contributed by atoms with E-state index in [9.17, 15) is 14.7 Å². The maximum absolute atomic E-state index is 12.4. The number of benzene rings is 2. The number of fused-ring (bicyclic) bond motifs is 1. The van der Waals surface area contributed by atoms with Crippen LogP contribution in [-0.4, -0.2) is 33.7 Å². The third-order valence-electron chi connectivity index (χ3n) is 3.90. The lowest BCUT2D eigenvalue weighted by molar-refractivity contribution is -0.141. The molecule has 1 aliphatic heterocycles. The molecule has 0 spiro atoms. The third kappa shape index (κ3) is 3.40. The number of carbonyl (C=O) groups excluding carboxylic acids is 1. The quantitative estimate of drug-likeness (QED) is 0.886. The van der Waals surface area contributed by atoms with E-state index in [4.69, 9.17) is 0 Å². The van der Waals surface area contributed by atoms with E-state index in [1.54, 1.807) is 12.1 Å². The molecule has 1 heterocycles. The van der Waals surface area contributed by atoms with E-state index in [2.05, 4.69) is 0 Å². The van der Waals surface area contributed by atoms with Crippen LogP contribution in [0.25, 0.3) is 0 Å². The Morgan fingerprint density at radius 3 is 2.52 bits per heavy atom. The molecular weight excluding hydrogens is 310 g/mol. The number of carbonyl (C=O) groups is 2. The molecule has 23 heavy (non-hydrogen) atoms. The van der Waals surface area contributed by atoms with Crippen LogP contribution in [0.15, 0.2) is 54.6 Å². The van der Waals surface area contributed by atoms with Crippen LogP contribution in [0.2, 0.25) is 0 Å². The average Bonchev–Trinajstić information content (AvgIpc) is 2.89. The van der Waals surface area contributed by atoms with E-state index in [0.29, 0.717) is 17.9 Å². The number of aliphatic carboxylic acids is 1. The van der Waals surface area contributed by atoms with Gasteiger partial charge in [-0.05, 0) is 17.2 Å². The van der Waals surface area contributed by atoms with Crippen LogP contribution >= 0.6 is 11.8 Å². The van der Waals surface area contributed by atoms with Crippen molar-refractivity contribution in [2.45, 2.75) is 18.3 Å². The zero-order valence-electron chi connectivity index (χ0n) is 12.5. The molecule has 1 atom stereocenters. The summed E-state index contributed by atoms with van der Waals surface area (Å²) in [6.07, 6.45) is 0. The second-order valence-electron chi connectivity index (χ2n) is 5.44. The number of rotatable bonds is 6. The summed E-state index contributed by atoms with van der Waals surface area (Å²) in [7, 11) is 0. The lowest BCUT2D eigenvalue weighted by Crippen LogP contribution is -2.43. The number of hydrogen-bond acceptors (Lipinski definition) is 3. The fourth-order valence-electron chi connectivity index (χ4n) is 2.69. The van der Waals surface area contributed by atoms with Crippen LogP contribution in [0.5, 0.6) is 0 Å². The van der Waals surface area contributed by atoms with Crippen molar-refractivity contribution < 1.29 is 14.7 Å². The van der Waals surface area contributed by atoms with E-state index in [0.717, 1.165) is 16.9 Å². The molecular formula is C18H17NO3S. The van der Waals surface area contributed by atoms with Gasteiger partial charge in [-0.15, -0.1) is 0 Å². The van der Waals surface area contributed by atoms with Crippen LogP contribution in [0.3, 0.4) is 0 Å². The Labute approximate surface area is 139 Å². The van der Waals surface area contributed by atoms with Gasteiger partial charge in [0.1, 0.15) is 6.04 Å². The Bertz CT molecular complexity index is 717. The summed E-state index contributed by atoms with van der Waals surface area (Å²) in [4.78, 5) is 25.5. The predicted octanol–water partition coefficient (Wildman–Crippen LogP) is 3.03. The Morgan fingerprint density at radius 2 is 1.83 bits per heavy atom. The van der Waals surface area contributed by atoms with Crippen LogP contribution < -0.4 is 0 Å². The van der Waals surface area contributed by atoms with Gasteiger partial charge in [0.15, 0.2) is 0 Å². The first-order valence-electron chi connectivity index (χ1n) is 7.40. The number of carboxylic acids is 1. The lowest BCUT2D eigenvalue weighted by Gasteiger charge is -2.23. The standard InChI is InChI=1S/C18H17NO3S/c20-17-15-9-5-4-8-14(15)10-19(17)16(18(21)22)12-23-11-13-6-2-1-3-7-13/h1-9,16H,10-12H2,(H,21,22)/t16-/m0/s1. The first-order chi connectivity index (χ1) is 11.2. The Balaban J connectivity index is 1.66. The molecule has 0 aliphatic carbocycles. The van der Waals surface area contributed by atoms with Gasteiger partial charge in [0, 0.05) is 23.6 Å². The zero-order chi connectivity index (χ0) is 16.2. The van der Waals surface area contributed by atoms with E-state index in [1.165, 1.54) is 16.7 Å². The predicted molar refractivity (Wildman–Crippen MR) is 90.3 cm³/mol. The molecule has 0 radical (unpaired) electrons. The molecule has 1 aliphatic rings. The van der Waals surface area contributed by atoms with Crippen LogP contribution in [0.4, 0.5) is 0 Å². The summed E-state index contributed by atoms with van der Waals surface area (Å²) >= 11 is 1.54. The molecule has 118 valence electrons. The van der Waals surface area contributed by atoms with E-state index in [1.807, 2.05) is 42.5 Å². The topological polar surface area (TPSA) is 57.6 Å². The molecule has 0 unspecified atom stereocenters. The summed E-state index contributed by atoms with van der Waals surface area (Å²) in [6, 6.07) is 16.4. The largest absolute Gasteiger partial charge is 0.480 e. The first kappa shape index (κ1) is 15.6. The smallest absolute Gasteiger partial charge is 0.327 e. The van der Waals surface area contributed by atoms with Crippen molar-refractivity contribution in [2.75, 3.05) is 5.75 Å². The second kappa shape index (κ2) is 6.87. The van der Waals surface area contributed by atoms with Gasteiger partial charge in [-0.3, -0.25) is 4.79 Å². The second-order valence-corrected chi connectivity index (χ2v) is 6.48. The Hall–Kier alpha value is -2.27. The van der Waals surface area contributed by atoms with Crippen LogP contribution in [-0.2, 0) is 17.1 Å². The molecule has 2 aromatic rings. The van der Waals surface area contributed by atoms with Gasteiger partial charge >= 0.3 is 5.97 Å². The number of amides is 1. The molecule has 0 saturated heterocycles. The minimum Gasteiger partial charge on any atom is -0.480 e. The fourth-order valence-corrected chi connectivity index (χ4v) is 3.78. The highest BCUT2D eigenvalue weighted by molar-refractivity contribution is 7.98. The highest BCUT2D eigenvalue weighted by atomic mass is 32.2. The molecule has 1 amide bonds. The fraction of sp³-hybridized carbons (Fsp3) is 0.222. The molecule has 1 N–H and O–H groups in total. The highest BCUT2D eigenvalue weighted by Gasteiger charge is 2.35. The van der Waals surface area contributed by atoms with Crippen molar-refractivity contribution >= 4 is 23.6 Å². The minimum atomic E-state index is -0.952. The van der Waals surface area contributed by atoms with Gasteiger partial charge in [0.25, 0.3) is 5.91 Å². The van der Waals surface area contributed by atoms with Gasteiger partial charge in [-0.1, -0.05) is 48.5 Å². The van der Waals surface area contributed by atoms with Crippen LogP contribution in [0, 0.1) is 0 Å². The molecule has 0 saturated carbocycles. The number of thioether (sulfide) groups is 1. The van der Waals surface area contributed by atoms with E-state index >= 15 is 0 Å². The van der Waals surface area contributed by atoms with Gasteiger partial charge in [0.2, 0.25) is 0 Å². The minimum absolute atomic E-state index is 0.187. The third-order valence-corrected chi connectivity index (χ3v) is 4.99. The monoisotopic (exact) mass is 327 g/mol. The van der Waals surface area contributed by atoms with Gasteiger partial charge in [-0.2, -0.15) is 11.8 Å². The van der Waals surface area contributed by atoms with Gasteiger partial charge < -0.3 is 10.0 Å². The summed E-state index contributed by atoms with van der Waals surface area (Å²) in [5.41, 5.74) is 2.67. The number of hydrogen-bond donors (Lipinski definition) is 1. The molecule has 0 fully saturated rings. The number of nitrogens with zero attached hydrogens (tertiary/aromatic N) is 1.